The molecule has 0 N–H and O–H groups in total. The first-order chi connectivity index (χ1) is 27.3. The topological polar surface area (TPSA) is 3.24 Å². The maximum Gasteiger partial charge on any atom is 0.0640 e. The minimum absolute atomic E-state index is 1.12. The molecule has 0 amide bonds. The van der Waals surface area contributed by atoms with Crippen molar-refractivity contribution in [2.24, 2.45) is 0 Å². The number of anilines is 3. The number of nitrogens with zero attached hydrogens (tertiary/aromatic N) is 1. The molecule has 0 fully saturated rings. The van der Waals surface area contributed by atoms with Gasteiger partial charge in [0.2, 0.25) is 0 Å². The Morgan fingerprint density at radius 1 is 0.309 bits per heavy atom. The van der Waals surface area contributed by atoms with Crippen molar-refractivity contribution in [3.05, 3.63) is 200 Å². The fraction of sp³-hybridized carbons (Fsp3) is 0. The maximum absolute atomic E-state index is 2.52. The molecule has 0 saturated heterocycles. The second-order valence-electron chi connectivity index (χ2n) is 14.0. The van der Waals surface area contributed by atoms with E-state index in [2.05, 4.69) is 205 Å². The number of benzene rings is 9. The van der Waals surface area contributed by atoms with Crippen molar-refractivity contribution in [3.8, 4) is 33.4 Å². The van der Waals surface area contributed by atoms with Gasteiger partial charge in [-0.3, -0.25) is 0 Å². The van der Waals surface area contributed by atoms with E-state index in [-0.39, 0.29) is 0 Å². The van der Waals surface area contributed by atoms with Crippen LogP contribution in [0.1, 0.15) is 0 Å². The standard InChI is InChI=1S/C52H33NS2/c1-3-15-34(16-4-1)36-31-37(40-23-14-28-50-51(40)45-22-10-12-27-49(45)54-50)33-38(32-36)53(47-25-13-24-44-43-21-9-11-26-48(43)55-52(44)47)46-30-29-39(35-17-5-2-6-18-35)41-19-7-8-20-42(41)46/h1-33H. The van der Waals surface area contributed by atoms with Crippen LogP contribution >= 0.6 is 22.7 Å². The third kappa shape index (κ3) is 5.35. The van der Waals surface area contributed by atoms with Crippen molar-refractivity contribution >= 4 is 90.9 Å². The predicted octanol–water partition coefficient (Wildman–Crippen LogP) is 16.0. The lowest BCUT2D eigenvalue weighted by molar-refractivity contribution is 1.32. The summed E-state index contributed by atoms with van der Waals surface area (Å²) in [4.78, 5) is 2.52. The molecule has 1 nitrogen and oxygen atoms in total. The first-order valence-electron chi connectivity index (χ1n) is 18.7. The molecule has 0 radical (unpaired) electrons. The van der Waals surface area contributed by atoms with Crippen LogP contribution in [0.5, 0.6) is 0 Å². The van der Waals surface area contributed by atoms with Gasteiger partial charge in [-0.1, -0.05) is 152 Å². The lowest BCUT2D eigenvalue weighted by Crippen LogP contribution is -2.11. The Morgan fingerprint density at radius 3 is 1.71 bits per heavy atom. The summed E-state index contributed by atoms with van der Waals surface area (Å²) in [6, 6.07) is 73.5. The maximum atomic E-state index is 2.52. The Morgan fingerprint density at radius 2 is 0.909 bits per heavy atom. The normalized spacial score (nSPS) is 11.6. The van der Waals surface area contributed by atoms with Crippen LogP contribution in [0.25, 0.3) is 84.5 Å². The second-order valence-corrected chi connectivity index (χ2v) is 16.2. The number of hydrogen-bond donors (Lipinski definition) is 0. The third-order valence-electron chi connectivity index (χ3n) is 10.8. The Kier molecular flexibility index (Phi) is 7.61. The molecule has 0 atom stereocenters. The van der Waals surface area contributed by atoms with Gasteiger partial charge in [0.1, 0.15) is 0 Å². The molecule has 0 spiro atoms. The van der Waals surface area contributed by atoms with Crippen LogP contribution < -0.4 is 4.90 Å². The van der Waals surface area contributed by atoms with E-state index in [0.717, 1.165) is 11.4 Å². The van der Waals surface area contributed by atoms with Crippen LogP contribution in [0.2, 0.25) is 0 Å². The number of fused-ring (bicyclic) bond motifs is 7. The van der Waals surface area contributed by atoms with Crippen molar-refractivity contribution in [1.29, 1.82) is 0 Å². The highest BCUT2D eigenvalue weighted by molar-refractivity contribution is 7.26. The van der Waals surface area contributed by atoms with Gasteiger partial charge >= 0.3 is 0 Å². The van der Waals surface area contributed by atoms with E-state index in [9.17, 15) is 0 Å². The Balaban J connectivity index is 1.24. The molecule has 0 bridgehead atoms. The minimum atomic E-state index is 1.12. The average Bonchev–Trinajstić information content (AvgIpc) is 3.84. The summed E-state index contributed by atoms with van der Waals surface area (Å²) in [5.74, 6) is 0. The van der Waals surface area contributed by atoms with E-state index < -0.39 is 0 Å². The Bertz CT molecular complexity index is 3210. The van der Waals surface area contributed by atoms with E-state index in [1.165, 1.54) is 90.2 Å². The highest BCUT2D eigenvalue weighted by atomic mass is 32.1. The molecule has 55 heavy (non-hydrogen) atoms. The lowest BCUT2D eigenvalue weighted by Gasteiger charge is -2.29. The van der Waals surface area contributed by atoms with Crippen molar-refractivity contribution in [2.75, 3.05) is 4.90 Å². The molecule has 9 aromatic carbocycles. The third-order valence-corrected chi connectivity index (χ3v) is 13.2. The summed E-state index contributed by atoms with van der Waals surface area (Å²) in [7, 11) is 0. The summed E-state index contributed by atoms with van der Waals surface area (Å²) in [5, 5.41) is 7.63. The van der Waals surface area contributed by atoms with E-state index in [1.54, 1.807) is 0 Å². The van der Waals surface area contributed by atoms with Crippen LogP contribution in [-0.2, 0) is 0 Å². The molecule has 0 aliphatic rings. The highest BCUT2D eigenvalue weighted by Gasteiger charge is 2.23. The zero-order valence-electron chi connectivity index (χ0n) is 29.8. The van der Waals surface area contributed by atoms with E-state index in [4.69, 9.17) is 0 Å². The zero-order chi connectivity index (χ0) is 36.3. The summed E-state index contributed by atoms with van der Waals surface area (Å²) < 4.78 is 5.19. The smallest absolute Gasteiger partial charge is 0.0640 e. The van der Waals surface area contributed by atoms with Gasteiger partial charge in [0.25, 0.3) is 0 Å². The van der Waals surface area contributed by atoms with Crippen LogP contribution in [-0.4, -0.2) is 0 Å². The van der Waals surface area contributed by atoms with Crippen molar-refractivity contribution in [1.82, 2.24) is 0 Å². The summed E-state index contributed by atoms with van der Waals surface area (Å²) in [6.45, 7) is 0. The van der Waals surface area contributed by atoms with Gasteiger partial charge in [-0.25, -0.2) is 0 Å². The zero-order valence-corrected chi connectivity index (χ0v) is 31.4. The molecular weight excluding hydrogens is 703 g/mol. The van der Waals surface area contributed by atoms with Gasteiger partial charge in [-0.15, -0.1) is 22.7 Å². The minimum Gasteiger partial charge on any atom is -0.308 e. The first-order valence-corrected chi connectivity index (χ1v) is 20.3. The van der Waals surface area contributed by atoms with Gasteiger partial charge in [0.15, 0.2) is 0 Å². The molecule has 0 unspecified atom stereocenters. The predicted molar refractivity (Wildman–Crippen MR) is 241 cm³/mol. The molecule has 3 heteroatoms. The fourth-order valence-corrected chi connectivity index (χ4v) is 10.7. The van der Waals surface area contributed by atoms with Crippen LogP contribution in [0.15, 0.2) is 200 Å². The second kappa shape index (κ2) is 13.1. The van der Waals surface area contributed by atoms with Gasteiger partial charge in [0.05, 0.1) is 16.1 Å². The van der Waals surface area contributed by atoms with Crippen LogP contribution in [0.4, 0.5) is 17.1 Å². The number of hydrogen-bond acceptors (Lipinski definition) is 3. The van der Waals surface area contributed by atoms with Crippen molar-refractivity contribution < 1.29 is 0 Å². The van der Waals surface area contributed by atoms with Gasteiger partial charge in [-0.2, -0.15) is 0 Å². The summed E-state index contributed by atoms with van der Waals surface area (Å²) in [5.41, 5.74) is 10.7. The van der Waals surface area contributed by atoms with E-state index in [0.29, 0.717) is 0 Å². The first kappa shape index (κ1) is 32.0. The molecule has 258 valence electrons. The molecule has 11 aromatic rings. The Labute approximate surface area is 327 Å². The average molecular weight is 736 g/mol. The molecule has 0 saturated carbocycles. The number of rotatable bonds is 6. The van der Waals surface area contributed by atoms with Crippen LogP contribution in [0.3, 0.4) is 0 Å². The molecule has 11 rings (SSSR count). The van der Waals surface area contributed by atoms with Gasteiger partial charge in [-0.05, 0) is 87.3 Å². The summed E-state index contributed by atoms with van der Waals surface area (Å²) >= 11 is 3.75. The van der Waals surface area contributed by atoms with E-state index >= 15 is 0 Å². The molecular formula is C52H33NS2. The van der Waals surface area contributed by atoms with Gasteiger partial charge in [0, 0.05) is 46.7 Å². The van der Waals surface area contributed by atoms with Crippen molar-refractivity contribution in [2.45, 2.75) is 0 Å². The van der Waals surface area contributed by atoms with Crippen LogP contribution in [0, 0.1) is 0 Å². The van der Waals surface area contributed by atoms with Crippen molar-refractivity contribution in [3.63, 3.8) is 0 Å². The molecule has 0 aliphatic heterocycles. The lowest BCUT2D eigenvalue weighted by atomic mass is 9.93. The molecule has 2 heterocycles. The number of thiophene rings is 2. The Hall–Kier alpha value is -6.52. The largest absolute Gasteiger partial charge is 0.308 e. The summed E-state index contributed by atoms with van der Waals surface area (Å²) in [6.07, 6.45) is 0. The van der Waals surface area contributed by atoms with E-state index in [1.807, 2.05) is 22.7 Å². The fourth-order valence-electron chi connectivity index (χ4n) is 8.37. The monoisotopic (exact) mass is 735 g/mol. The molecule has 2 aromatic heterocycles. The molecule has 0 aliphatic carbocycles. The quantitative estimate of drug-likeness (QED) is 0.164. The highest BCUT2D eigenvalue weighted by Crippen LogP contribution is 2.49. The SMILES string of the molecule is c1ccc(-c2cc(-c3cccc4sc5ccccc5c34)cc(N(c3ccc(-c4ccccc4)c4ccccc34)c3cccc4c3sc3ccccc34)c2)cc1. The van der Waals surface area contributed by atoms with Gasteiger partial charge < -0.3 is 4.90 Å².